The van der Waals surface area contributed by atoms with E-state index in [1.54, 1.807) is 12.3 Å². The standard InChI is InChI=1S/C29H30ClN3O4/c1-19-6-4-7-24-23(19)9-10-26(24)37-28-14-27(36-18-20-12-22(31-2)16-32-15-20)21(13-25(28)30)17-33(3)11-5-8-29(34)35/h4,6-7,12-16,26H,5,8-11,17-18H2,1,3H3,(H,34,35)/t26-/m0/s1. The first-order valence-corrected chi connectivity index (χ1v) is 12.6. The summed E-state index contributed by atoms with van der Waals surface area (Å²) in [5.74, 6) is 0.377. The Morgan fingerprint density at radius 1 is 1.27 bits per heavy atom. The molecular formula is C29H30ClN3O4. The van der Waals surface area contributed by atoms with Crippen LogP contribution in [0.2, 0.25) is 5.02 Å². The predicted molar refractivity (Wildman–Crippen MR) is 142 cm³/mol. The number of hydrogen-bond acceptors (Lipinski definition) is 5. The molecule has 0 radical (unpaired) electrons. The Bertz CT molecular complexity index is 1320. The first-order valence-electron chi connectivity index (χ1n) is 12.3. The molecule has 8 heteroatoms. The van der Waals surface area contributed by atoms with Gasteiger partial charge in [-0.3, -0.25) is 9.78 Å². The van der Waals surface area contributed by atoms with Crippen molar-refractivity contribution in [3.8, 4) is 11.5 Å². The van der Waals surface area contributed by atoms with Crippen molar-refractivity contribution in [3.05, 3.63) is 93.0 Å². The fourth-order valence-electron chi connectivity index (χ4n) is 4.64. The number of rotatable bonds is 11. The number of nitrogens with zero attached hydrogens (tertiary/aromatic N) is 3. The van der Waals surface area contributed by atoms with Gasteiger partial charge in [-0.2, -0.15) is 0 Å². The average Bonchev–Trinajstić information content (AvgIpc) is 3.28. The summed E-state index contributed by atoms with van der Waals surface area (Å²) in [6.45, 7) is 10.7. The molecule has 7 nitrogen and oxygen atoms in total. The normalized spacial score (nSPS) is 14.3. The second kappa shape index (κ2) is 12.1. The highest BCUT2D eigenvalue weighted by atomic mass is 35.5. The van der Waals surface area contributed by atoms with E-state index in [0.29, 0.717) is 41.7 Å². The van der Waals surface area contributed by atoms with E-state index in [-0.39, 0.29) is 19.1 Å². The van der Waals surface area contributed by atoms with Crippen molar-refractivity contribution in [3.63, 3.8) is 0 Å². The molecule has 0 saturated heterocycles. The number of fused-ring (bicyclic) bond motifs is 1. The second-order valence-corrected chi connectivity index (χ2v) is 9.77. The lowest BCUT2D eigenvalue weighted by atomic mass is 10.0. The van der Waals surface area contributed by atoms with Gasteiger partial charge in [-0.25, -0.2) is 4.85 Å². The van der Waals surface area contributed by atoms with Gasteiger partial charge in [0.2, 0.25) is 5.69 Å². The highest BCUT2D eigenvalue weighted by Gasteiger charge is 2.26. The monoisotopic (exact) mass is 519 g/mol. The van der Waals surface area contributed by atoms with E-state index in [9.17, 15) is 4.79 Å². The molecule has 0 amide bonds. The number of benzene rings is 2. The molecule has 1 N–H and O–H groups in total. The van der Waals surface area contributed by atoms with Gasteiger partial charge in [-0.15, -0.1) is 0 Å². The minimum atomic E-state index is -0.805. The molecule has 192 valence electrons. The molecule has 0 spiro atoms. The summed E-state index contributed by atoms with van der Waals surface area (Å²) in [5, 5.41) is 9.44. The van der Waals surface area contributed by atoms with Gasteiger partial charge < -0.3 is 19.5 Å². The van der Waals surface area contributed by atoms with Crippen molar-refractivity contribution in [1.82, 2.24) is 9.88 Å². The molecule has 2 aromatic carbocycles. The van der Waals surface area contributed by atoms with E-state index < -0.39 is 5.97 Å². The summed E-state index contributed by atoms with van der Waals surface area (Å²) in [5.41, 5.74) is 5.92. The van der Waals surface area contributed by atoms with Crippen molar-refractivity contribution in [2.75, 3.05) is 13.6 Å². The average molecular weight is 520 g/mol. The van der Waals surface area contributed by atoms with E-state index >= 15 is 0 Å². The van der Waals surface area contributed by atoms with Crippen LogP contribution in [0.25, 0.3) is 4.85 Å². The largest absolute Gasteiger partial charge is 0.488 e. The minimum absolute atomic E-state index is 0.0793. The Labute approximate surface area is 222 Å². The minimum Gasteiger partial charge on any atom is -0.488 e. The Morgan fingerprint density at radius 2 is 2.11 bits per heavy atom. The third kappa shape index (κ3) is 6.79. The predicted octanol–water partition coefficient (Wildman–Crippen LogP) is 6.54. The summed E-state index contributed by atoms with van der Waals surface area (Å²) in [7, 11) is 1.94. The van der Waals surface area contributed by atoms with E-state index in [2.05, 4.69) is 35.0 Å². The molecule has 0 saturated carbocycles. The lowest BCUT2D eigenvalue weighted by Crippen LogP contribution is -2.20. The maximum Gasteiger partial charge on any atom is 0.303 e. The molecule has 0 aliphatic heterocycles. The van der Waals surface area contributed by atoms with Crippen LogP contribution in [-0.2, 0) is 24.4 Å². The molecule has 4 rings (SSSR count). The SMILES string of the molecule is [C-]#[N+]c1cncc(COc2cc(O[C@H]3CCc4c(C)cccc43)c(Cl)cc2CN(C)CCCC(=O)O)c1. The zero-order chi connectivity index (χ0) is 26.4. The highest BCUT2D eigenvalue weighted by molar-refractivity contribution is 6.32. The van der Waals surface area contributed by atoms with Crippen LogP contribution in [-0.4, -0.2) is 34.6 Å². The van der Waals surface area contributed by atoms with Crippen molar-refractivity contribution < 1.29 is 19.4 Å². The van der Waals surface area contributed by atoms with Crippen LogP contribution in [0.15, 0.2) is 48.8 Å². The van der Waals surface area contributed by atoms with E-state index in [0.717, 1.165) is 24.0 Å². The van der Waals surface area contributed by atoms with E-state index in [1.807, 2.05) is 24.1 Å². The molecule has 3 aromatic rings. The number of hydrogen-bond donors (Lipinski definition) is 1. The van der Waals surface area contributed by atoms with Gasteiger partial charge in [0.05, 0.1) is 11.6 Å². The molecule has 0 bridgehead atoms. The maximum atomic E-state index is 10.9. The summed E-state index contributed by atoms with van der Waals surface area (Å²) in [6, 6.07) is 11.7. The molecule has 1 aliphatic carbocycles. The highest BCUT2D eigenvalue weighted by Crippen LogP contribution is 2.41. The number of aryl methyl sites for hydroxylation is 1. The Kier molecular flexibility index (Phi) is 8.65. The first-order chi connectivity index (χ1) is 17.8. The Morgan fingerprint density at radius 3 is 2.89 bits per heavy atom. The Balaban J connectivity index is 1.57. The molecular weight excluding hydrogens is 490 g/mol. The van der Waals surface area contributed by atoms with E-state index in [4.69, 9.17) is 32.8 Å². The zero-order valence-electron chi connectivity index (χ0n) is 21.0. The molecule has 0 fully saturated rings. The van der Waals surface area contributed by atoms with Gasteiger partial charge in [-0.1, -0.05) is 29.8 Å². The van der Waals surface area contributed by atoms with Crippen molar-refractivity contribution >= 4 is 23.3 Å². The van der Waals surface area contributed by atoms with Crippen LogP contribution in [0.3, 0.4) is 0 Å². The number of carboxylic acids is 1. The number of carbonyl (C=O) groups is 1. The fourth-order valence-corrected chi connectivity index (χ4v) is 4.87. The summed E-state index contributed by atoms with van der Waals surface area (Å²) in [6.07, 6.45) is 5.64. The van der Waals surface area contributed by atoms with Gasteiger partial charge >= 0.3 is 5.97 Å². The van der Waals surface area contributed by atoms with Gasteiger partial charge in [-0.05, 0) is 74.2 Å². The van der Waals surface area contributed by atoms with Gasteiger partial charge in [0, 0.05) is 37.0 Å². The number of halogens is 1. The Hall–Kier alpha value is -3.60. The van der Waals surface area contributed by atoms with Crippen molar-refractivity contribution in [2.45, 2.75) is 51.9 Å². The smallest absolute Gasteiger partial charge is 0.303 e. The summed E-state index contributed by atoms with van der Waals surface area (Å²) >= 11 is 6.70. The van der Waals surface area contributed by atoms with Crippen LogP contribution >= 0.6 is 11.6 Å². The van der Waals surface area contributed by atoms with Crippen LogP contribution in [0.4, 0.5) is 5.69 Å². The number of aromatic nitrogens is 1. The van der Waals surface area contributed by atoms with E-state index in [1.165, 1.54) is 22.9 Å². The van der Waals surface area contributed by atoms with Gasteiger partial charge in [0.15, 0.2) is 0 Å². The third-order valence-electron chi connectivity index (χ3n) is 6.51. The molecule has 37 heavy (non-hydrogen) atoms. The summed E-state index contributed by atoms with van der Waals surface area (Å²) < 4.78 is 12.6. The number of aliphatic carboxylic acids is 1. The number of ether oxygens (including phenoxy) is 2. The number of pyridine rings is 1. The zero-order valence-corrected chi connectivity index (χ0v) is 21.8. The molecule has 1 atom stereocenters. The number of carboxylic acid groups (broad SMARTS) is 1. The van der Waals surface area contributed by atoms with Gasteiger partial charge in [0.1, 0.15) is 24.2 Å². The lowest BCUT2D eigenvalue weighted by molar-refractivity contribution is -0.137. The quantitative estimate of drug-likeness (QED) is 0.290. The van der Waals surface area contributed by atoms with Crippen molar-refractivity contribution in [2.24, 2.45) is 0 Å². The van der Waals surface area contributed by atoms with Crippen LogP contribution in [0, 0.1) is 13.5 Å². The first kappa shape index (κ1) is 26.5. The van der Waals surface area contributed by atoms with Crippen LogP contribution in [0.5, 0.6) is 11.5 Å². The topological polar surface area (TPSA) is 76.2 Å². The van der Waals surface area contributed by atoms with Crippen LogP contribution in [0.1, 0.15) is 53.2 Å². The lowest BCUT2D eigenvalue weighted by Gasteiger charge is -2.22. The fraction of sp³-hybridized carbons (Fsp3) is 0.345. The molecule has 0 unspecified atom stereocenters. The summed E-state index contributed by atoms with van der Waals surface area (Å²) in [4.78, 5) is 20.5. The maximum absolute atomic E-state index is 10.9. The van der Waals surface area contributed by atoms with Crippen LogP contribution < -0.4 is 9.47 Å². The second-order valence-electron chi connectivity index (χ2n) is 9.37. The molecule has 1 heterocycles. The molecule has 1 aliphatic rings. The molecule has 1 aromatic heterocycles. The third-order valence-corrected chi connectivity index (χ3v) is 6.80. The van der Waals surface area contributed by atoms with Crippen molar-refractivity contribution in [1.29, 1.82) is 0 Å². The van der Waals surface area contributed by atoms with Gasteiger partial charge in [0.25, 0.3) is 0 Å².